The highest BCUT2D eigenvalue weighted by Crippen LogP contribution is 2.29. The van der Waals surface area contributed by atoms with Gasteiger partial charge in [-0.25, -0.2) is 0 Å². The van der Waals surface area contributed by atoms with E-state index in [9.17, 15) is 0 Å². The van der Waals surface area contributed by atoms with E-state index in [1.807, 2.05) is 6.92 Å². The van der Waals surface area contributed by atoms with E-state index in [-0.39, 0.29) is 6.04 Å². The van der Waals surface area contributed by atoms with Gasteiger partial charge in [-0.15, -0.1) is 0 Å². The number of anilines is 1. The van der Waals surface area contributed by atoms with E-state index in [0.717, 1.165) is 42.6 Å². The Hall–Kier alpha value is -0.580. The van der Waals surface area contributed by atoms with Crippen molar-refractivity contribution in [3.8, 4) is 0 Å². The van der Waals surface area contributed by atoms with Crippen molar-refractivity contribution in [1.29, 1.82) is 0 Å². The van der Waals surface area contributed by atoms with Gasteiger partial charge in [-0.2, -0.15) is 0 Å². The minimum atomic E-state index is 0.0621. The third-order valence-electron chi connectivity index (χ3n) is 3.68. The first-order valence-electron chi connectivity index (χ1n) is 7.03. The first-order chi connectivity index (χ1) is 9.11. The molecule has 1 aliphatic heterocycles. The standard InChI is InChI=1S/C15H23BrN2O/c1-3-19-13-6-8-18(9-7-13)12-4-5-14(11(2)17)15(16)10-12/h4-5,10-11,13H,3,6-9,17H2,1-2H3/t11-/m0/s1. The molecule has 19 heavy (non-hydrogen) atoms. The predicted molar refractivity (Wildman–Crippen MR) is 83.6 cm³/mol. The normalized spacial score (nSPS) is 18.6. The van der Waals surface area contributed by atoms with Crippen molar-refractivity contribution in [2.75, 3.05) is 24.6 Å². The first-order valence-corrected chi connectivity index (χ1v) is 7.82. The molecular weight excluding hydrogens is 304 g/mol. The summed E-state index contributed by atoms with van der Waals surface area (Å²) in [6, 6.07) is 6.54. The van der Waals surface area contributed by atoms with Crippen molar-refractivity contribution in [1.82, 2.24) is 0 Å². The van der Waals surface area contributed by atoms with Crippen LogP contribution in [0.5, 0.6) is 0 Å². The van der Waals surface area contributed by atoms with E-state index in [2.05, 4.69) is 46.0 Å². The van der Waals surface area contributed by atoms with Crippen LogP contribution < -0.4 is 10.6 Å². The summed E-state index contributed by atoms with van der Waals surface area (Å²) < 4.78 is 6.79. The summed E-state index contributed by atoms with van der Waals surface area (Å²) in [6.45, 7) is 7.02. The van der Waals surface area contributed by atoms with Crippen LogP contribution in [0.15, 0.2) is 22.7 Å². The second kappa shape index (κ2) is 6.73. The molecule has 0 unspecified atom stereocenters. The zero-order valence-corrected chi connectivity index (χ0v) is 13.3. The van der Waals surface area contributed by atoms with Crippen LogP contribution in [0.4, 0.5) is 5.69 Å². The number of rotatable bonds is 4. The molecule has 1 fully saturated rings. The Morgan fingerprint density at radius 2 is 2.11 bits per heavy atom. The van der Waals surface area contributed by atoms with Gasteiger partial charge in [0, 0.05) is 35.9 Å². The smallest absolute Gasteiger partial charge is 0.0608 e. The lowest BCUT2D eigenvalue weighted by Crippen LogP contribution is -2.37. The Morgan fingerprint density at radius 3 is 2.63 bits per heavy atom. The molecule has 106 valence electrons. The largest absolute Gasteiger partial charge is 0.378 e. The zero-order chi connectivity index (χ0) is 13.8. The van der Waals surface area contributed by atoms with Gasteiger partial charge >= 0.3 is 0 Å². The fourth-order valence-corrected chi connectivity index (χ4v) is 3.33. The van der Waals surface area contributed by atoms with E-state index in [1.165, 1.54) is 5.69 Å². The van der Waals surface area contributed by atoms with E-state index < -0.39 is 0 Å². The van der Waals surface area contributed by atoms with Crippen molar-refractivity contribution >= 4 is 21.6 Å². The fraction of sp³-hybridized carbons (Fsp3) is 0.600. The molecule has 0 radical (unpaired) electrons. The second-order valence-corrected chi connectivity index (χ2v) is 5.99. The van der Waals surface area contributed by atoms with E-state index in [0.29, 0.717) is 6.10 Å². The van der Waals surface area contributed by atoms with Crippen LogP contribution in [0.25, 0.3) is 0 Å². The van der Waals surface area contributed by atoms with Gasteiger partial charge in [0.2, 0.25) is 0 Å². The quantitative estimate of drug-likeness (QED) is 0.920. The molecule has 0 aromatic heterocycles. The molecule has 0 aliphatic carbocycles. The summed E-state index contributed by atoms with van der Waals surface area (Å²) in [6.07, 6.45) is 2.66. The topological polar surface area (TPSA) is 38.5 Å². The highest BCUT2D eigenvalue weighted by Gasteiger charge is 2.20. The van der Waals surface area contributed by atoms with Gasteiger partial charge in [0.05, 0.1) is 6.10 Å². The Bertz CT molecular complexity index is 415. The SMILES string of the molecule is CCOC1CCN(c2ccc([C@H](C)N)c(Br)c2)CC1. The molecule has 0 spiro atoms. The number of benzene rings is 1. The summed E-state index contributed by atoms with van der Waals surface area (Å²) >= 11 is 3.62. The average molecular weight is 327 g/mol. The summed E-state index contributed by atoms with van der Waals surface area (Å²) in [5.41, 5.74) is 8.36. The summed E-state index contributed by atoms with van der Waals surface area (Å²) in [4.78, 5) is 2.42. The van der Waals surface area contributed by atoms with Gasteiger partial charge in [-0.3, -0.25) is 0 Å². The van der Waals surface area contributed by atoms with Gasteiger partial charge in [0.15, 0.2) is 0 Å². The number of nitrogens with zero attached hydrogens (tertiary/aromatic N) is 1. The van der Waals surface area contributed by atoms with Crippen LogP contribution in [0.3, 0.4) is 0 Å². The van der Waals surface area contributed by atoms with Crippen molar-refractivity contribution in [2.24, 2.45) is 5.73 Å². The minimum Gasteiger partial charge on any atom is -0.378 e. The molecule has 0 amide bonds. The number of nitrogens with two attached hydrogens (primary N) is 1. The van der Waals surface area contributed by atoms with Crippen molar-refractivity contribution in [3.63, 3.8) is 0 Å². The first kappa shape index (κ1) is 14.8. The molecule has 4 heteroatoms. The lowest BCUT2D eigenvalue weighted by atomic mass is 10.1. The van der Waals surface area contributed by atoms with E-state index in [1.54, 1.807) is 0 Å². The fourth-order valence-electron chi connectivity index (χ4n) is 2.60. The zero-order valence-electron chi connectivity index (χ0n) is 11.7. The molecule has 3 nitrogen and oxygen atoms in total. The second-order valence-electron chi connectivity index (χ2n) is 5.14. The molecule has 1 saturated heterocycles. The molecule has 1 aromatic rings. The Balaban J connectivity index is 2.02. The molecule has 1 aliphatic rings. The summed E-state index contributed by atoms with van der Waals surface area (Å²) in [5, 5.41) is 0. The van der Waals surface area contributed by atoms with Crippen LogP contribution in [-0.2, 0) is 4.74 Å². The van der Waals surface area contributed by atoms with Gasteiger partial charge in [0.1, 0.15) is 0 Å². The summed E-state index contributed by atoms with van der Waals surface area (Å²) in [7, 11) is 0. The molecule has 1 heterocycles. The number of hydrogen-bond acceptors (Lipinski definition) is 3. The monoisotopic (exact) mass is 326 g/mol. The van der Waals surface area contributed by atoms with Crippen LogP contribution in [-0.4, -0.2) is 25.8 Å². The van der Waals surface area contributed by atoms with Gasteiger partial charge in [-0.05, 0) is 44.4 Å². The maximum absolute atomic E-state index is 5.93. The highest BCUT2D eigenvalue weighted by atomic mass is 79.9. The Morgan fingerprint density at radius 1 is 1.42 bits per heavy atom. The molecule has 1 aromatic carbocycles. The minimum absolute atomic E-state index is 0.0621. The van der Waals surface area contributed by atoms with E-state index >= 15 is 0 Å². The summed E-state index contributed by atoms with van der Waals surface area (Å²) in [5.74, 6) is 0. The maximum atomic E-state index is 5.93. The Labute approximate surface area is 124 Å². The molecule has 1 atom stereocenters. The number of hydrogen-bond donors (Lipinski definition) is 1. The third kappa shape index (κ3) is 3.71. The molecule has 2 rings (SSSR count). The maximum Gasteiger partial charge on any atom is 0.0608 e. The van der Waals surface area contributed by atoms with Crippen molar-refractivity contribution < 1.29 is 4.74 Å². The van der Waals surface area contributed by atoms with Crippen LogP contribution in [0.2, 0.25) is 0 Å². The van der Waals surface area contributed by atoms with Gasteiger partial charge in [0.25, 0.3) is 0 Å². The van der Waals surface area contributed by atoms with Crippen molar-refractivity contribution in [2.45, 2.75) is 38.8 Å². The molecule has 2 N–H and O–H groups in total. The Kier molecular flexibility index (Phi) is 5.25. The van der Waals surface area contributed by atoms with Gasteiger partial charge in [-0.1, -0.05) is 22.0 Å². The molecule has 0 bridgehead atoms. The van der Waals surface area contributed by atoms with E-state index in [4.69, 9.17) is 10.5 Å². The van der Waals surface area contributed by atoms with Crippen LogP contribution in [0.1, 0.15) is 38.3 Å². The number of piperidine rings is 1. The van der Waals surface area contributed by atoms with Crippen LogP contribution >= 0.6 is 15.9 Å². The van der Waals surface area contributed by atoms with Crippen LogP contribution in [0, 0.1) is 0 Å². The van der Waals surface area contributed by atoms with Gasteiger partial charge < -0.3 is 15.4 Å². The lowest BCUT2D eigenvalue weighted by Gasteiger charge is -2.33. The lowest BCUT2D eigenvalue weighted by molar-refractivity contribution is 0.0459. The average Bonchev–Trinajstić information content (AvgIpc) is 2.39. The van der Waals surface area contributed by atoms with Crippen molar-refractivity contribution in [3.05, 3.63) is 28.2 Å². The molecular formula is C15H23BrN2O. The highest BCUT2D eigenvalue weighted by molar-refractivity contribution is 9.10. The predicted octanol–water partition coefficient (Wildman–Crippen LogP) is 3.47. The third-order valence-corrected chi connectivity index (χ3v) is 4.37. The molecule has 0 saturated carbocycles. The number of halogens is 1. The number of ether oxygens (including phenoxy) is 1.